The van der Waals surface area contributed by atoms with Crippen molar-refractivity contribution >= 4 is 22.2 Å². The average molecular weight is 256 g/mol. The second kappa shape index (κ2) is 3.38. The zero-order valence-corrected chi connectivity index (χ0v) is 8.85. The number of hydrogen-bond acceptors (Lipinski definition) is 4. The van der Waals surface area contributed by atoms with Crippen molar-refractivity contribution in [2.45, 2.75) is 0 Å². The molecule has 6 heteroatoms. The SMILES string of the molecule is Cn1nnc(Br)c1-c1ccoc1C=O. The average Bonchev–Trinajstić information content (AvgIpc) is 2.73. The fourth-order valence-corrected chi connectivity index (χ4v) is 1.77. The normalized spacial score (nSPS) is 10.4. The molecule has 0 atom stereocenters. The van der Waals surface area contributed by atoms with Gasteiger partial charge in [-0.2, -0.15) is 0 Å². The highest BCUT2D eigenvalue weighted by Crippen LogP contribution is 2.28. The molecule has 0 aliphatic carbocycles. The Labute approximate surface area is 87.8 Å². The van der Waals surface area contributed by atoms with Crippen molar-refractivity contribution in [1.29, 1.82) is 0 Å². The van der Waals surface area contributed by atoms with Crippen molar-refractivity contribution in [2.75, 3.05) is 0 Å². The predicted octanol–water partition coefficient (Wildman–Crippen LogP) is 1.65. The van der Waals surface area contributed by atoms with Crippen LogP contribution in [0.1, 0.15) is 10.6 Å². The molecule has 2 aromatic heterocycles. The summed E-state index contributed by atoms with van der Waals surface area (Å²) in [7, 11) is 1.74. The molecule has 0 radical (unpaired) electrons. The topological polar surface area (TPSA) is 60.9 Å². The van der Waals surface area contributed by atoms with Crippen molar-refractivity contribution < 1.29 is 9.21 Å². The van der Waals surface area contributed by atoms with Crippen molar-refractivity contribution in [3.63, 3.8) is 0 Å². The Morgan fingerprint density at radius 1 is 1.64 bits per heavy atom. The van der Waals surface area contributed by atoms with Crippen LogP contribution in [0.15, 0.2) is 21.3 Å². The van der Waals surface area contributed by atoms with E-state index >= 15 is 0 Å². The summed E-state index contributed by atoms with van der Waals surface area (Å²) in [5.41, 5.74) is 1.40. The molecule has 72 valence electrons. The molecule has 0 N–H and O–H groups in total. The van der Waals surface area contributed by atoms with Crippen LogP contribution in [0.2, 0.25) is 0 Å². The molecule has 0 aliphatic heterocycles. The Balaban J connectivity index is 2.64. The summed E-state index contributed by atoms with van der Waals surface area (Å²) in [6.45, 7) is 0. The molecule has 0 fully saturated rings. The van der Waals surface area contributed by atoms with E-state index in [0.29, 0.717) is 16.5 Å². The fraction of sp³-hybridized carbons (Fsp3) is 0.125. The number of carbonyl (C=O) groups excluding carboxylic acids is 1. The van der Waals surface area contributed by atoms with E-state index in [9.17, 15) is 4.79 Å². The van der Waals surface area contributed by atoms with Crippen LogP contribution in [0.5, 0.6) is 0 Å². The van der Waals surface area contributed by atoms with Gasteiger partial charge >= 0.3 is 0 Å². The number of aryl methyl sites for hydroxylation is 1. The second-order valence-electron chi connectivity index (χ2n) is 2.67. The third kappa shape index (κ3) is 1.27. The number of rotatable bonds is 2. The van der Waals surface area contributed by atoms with Gasteiger partial charge in [0.25, 0.3) is 0 Å². The summed E-state index contributed by atoms with van der Waals surface area (Å²) in [4.78, 5) is 10.6. The van der Waals surface area contributed by atoms with Gasteiger partial charge in [-0.15, -0.1) is 5.10 Å². The number of carbonyl (C=O) groups is 1. The highest BCUT2D eigenvalue weighted by atomic mass is 79.9. The third-order valence-electron chi connectivity index (χ3n) is 1.84. The molecule has 14 heavy (non-hydrogen) atoms. The second-order valence-corrected chi connectivity index (χ2v) is 3.42. The standard InChI is InChI=1S/C8H6BrN3O2/c1-12-7(8(9)10-11-12)5-2-3-14-6(5)4-13/h2-4H,1H3. The van der Waals surface area contributed by atoms with Gasteiger partial charge in [-0.05, 0) is 22.0 Å². The Bertz CT molecular complexity index is 455. The fourth-order valence-electron chi connectivity index (χ4n) is 1.23. The molecule has 5 nitrogen and oxygen atoms in total. The van der Waals surface area contributed by atoms with Crippen LogP contribution in [0.25, 0.3) is 11.3 Å². The van der Waals surface area contributed by atoms with Gasteiger partial charge in [0.15, 0.2) is 16.6 Å². The summed E-state index contributed by atoms with van der Waals surface area (Å²) < 4.78 is 7.15. The van der Waals surface area contributed by atoms with E-state index in [1.54, 1.807) is 17.8 Å². The van der Waals surface area contributed by atoms with Crippen LogP contribution in [0.4, 0.5) is 0 Å². The maximum Gasteiger partial charge on any atom is 0.186 e. The van der Waals surface area contributed by atoms with Crippen molar-refractivity contribution in [2.24, 2.45) is 7.05 Å². The Morgan fingerprint density at radius 2 is 2.43 bits per heavy atom. The maximum absolute atomic E-state index is 10.6. The van der Waals surface area contributed by atoms with Gasteiger partial charge in [-0.25, -0.2) is 4.68 Å². The van der Waals surface area contributed by atoms with Gasteiger partial charge < -0.3 is 4.42 Å². The number of aromatic nitrogens is 3. The Kier molecular flexibility index (Phi) is 2.20. The first-order valence-corrected chi connectivity index (χ1v) is 4.61. The molecule has 0 unspecified atom stereocenters. The largest absolute Gasteiger partial charge is 0.461 e. The lowest BCUT2D eigenvalue weighted by molar-refractivity contribution is 0.110. The molecule has 0 aliphatic rings. The van der Waals surface area contributed by atoms with Gasteiger partial charge in [0, 0.05) is 7.05 Å². The van der Waals surface area contributed by atoms with Crippen LogP contribution >= 0.6 is 15.9 Å². The van der Waals surface area contributed by atoms with Gasteiger partial charge in [0.1, 0.15) is 5.69 Å². The monoisotopic (exact) mass is 255 g/mol. The minimum absolute atomic E-state index is 0.274. The first kappa shape index (κ1) is 9.14. The van der Waals surface area contributed by atoms with Crippen LogP contribution in [-0.2, 0) is 7.05 Å². The van der Waals surface area contributed by atoms with Crippen LogP contribution in [0, 0.1) is 0 Å². The summed E-state index contributed by atoms with van der Waals surface area (Å²) in [6, 6.07) is 1.70. The lowest BCUT2D eigenvalue weighted by Gasteiger charge is -1.97. The van der Waals surface area contributed by atoms with E-state index in [1.807, 2.05) is 0 Å². The highest BCUT2D eigenvalue weighted by molar-refractivity contribution is 9.10. The molecule has 2 aromatic rings. The molecule has 0 amide bonds. The Morgan fingerprint density at radius 3 is 3.00 bits per heavy atom. The predicted molar refractivity (Wildman–Crippen MR) is 51.8 cm³/mol. The molecule has 2 heterocycles. The molecule has 0 saturated carbocycles. The minimum atomic E-state index is 0.274. The molecule has 0 spiro atoms. The van der Waals surface area contributed by atoms with Crippen molar-refractivity contribution in [1.82, 2.24) is 15.0 Å². The number of halogens is 1. The van der Waals surface area contributed by atoms with Gasteiger partial charge in [0.05, 0.1) is 11.8 Å². The van der Waals surface area contributed by atoms with Gasteiger partial charge in [-0.3, -0.25) is 4.79 Å². The van der Waals surface area contributed by atoms with Crippen LogP contribution in [0.3, 0.4) is 0 Å². The molecule has 2 rings (SSSR count). The summed E-state index contributed by atoms with van der Waals surface area (Å²) in [5.74, 6) is 0.274. The first-order valence-electron chi connectivity index (χ1n) is 3.82. The first-order chi connectivity index (χ1) is 6.74. The molecule has 0 saturated heterocycles. The van der Waals surface area contributed by atoms with Crippen molar-refractivity contribution in [3.8, 4) is 11.3 Å². The molecular formula is C8H6BrN3O2. The van der Waals surface area contributed by atoms with E-state index < -0.39 is 0 Å². The quantitative estimate of drug-likeness (QED) is 0.766. The lowest BCUT2D eigenvalue weighted by Crippen LogP contribution is -1.94. The van der Waals surface area contributed by atoms with Gasteiger partial charge in [0.2, 0.25) is 0 Å². The lowest BCUT2D eigenvalue weighted by atomic mass is 10.2. The summed E-state index contributed by atoms with van der Waals surface area (Å²) in [5, 5.41) is 7.63. The minimum Gasteiger partial charge on any atom is -0.461 e. The van der Waals surface area contributed by atoms with Crippen molar-refractivity contribution in [3.05, 3.63) is 22.7 Å². The van der Waals surface area contributed by atoms with E-state index in [2.05, 4.69) is 26.2 Å². The molecule has 0 aromatic carbocycles. The molecule has 0 bridgehead atoms. The maximum atomic E-state index is 10.6. The van der Waals surface area contributed by atoms with Gasteiger partial charge in [-0.1, -0.05) is 5.21 Å². The number of aldehydes is 1. The van der Waals surface area contributed by atoms with E-state index in [4.69, 9.17) is 4.42 Å². The Hall–Kier alpha value is -1.43. The van der Waals surface area contributed by atoms with Crippen LogP contribution in [-0.4, -0.2) is 21.3 Å². The van der Waals surface area contributed by atoms with E-state index in [-0.39, 0.29) is 5.76 Å². The smallest absolute Gasteiger partial charge is 0.186 e. The highest BCUT2D eigenvalue weighted by Gasteiger charge is 2.16. The number of furan rings is 1. The number of nitrogens with zero attached hydrogens (tertiary/aromatic N) is 3. The van der Waals surface area contributed by atoms with E-state index in [0.717, 1.165) is 5.69 Å². The van der Waals surface area contributed by atoms with E-state index in [1.165, 1.54) is 6.26 Å². The zero-order chi connectivity index (χ0) is 10.1. The third-order valence-corrected chi connectivity index (χ3v) is 2.38. The molecular weight excluding hydrogens is 250 g/mol. The number of hydrogen-bond donors (Lipinski definition) is 0. The summed E-state index contributed by atoms with van der Waals surface area (Å²) >= 11 is 3.25. The van der Waals surface area contributed by atoms with Crippen LogP contribution < -0.4 is 0 Å². The summed E-state index contributed by atoms with van der Waals surface area (Å²) in [6.07, 6.45) is 2.12. The zero-order valence-electron chi connectivity index (χ0n) is 7.27.